The normalized spacial score (nSPS) is 11.2. The van der Waals surface area contributed by atoms with Crippen LogP contribution in [-0.2, 0) is 14.8 Å². The molecule has 0 aliphatic heterocycles. The lowest BCUT2D eigenvalue weighted by Gasteiger charge is -2.20. The van der Waals surface area contributed by atoms with E-state index in [2.05, 4.69) is 4.98 Å². The summed E-state index contributed by atoms with van der Waals surface area (Å²) in [7, 11) is -2.75. The number of rotatable bonds is 5. The highest BCUT2D eigenvalue weighted by atomic mass is 35.5. The summed E-state index contributed by atoms with van der Waals surface area (Å²) in [5.74, 6) is -0.794. The molecule has 0 fully saturated rings. The molecule has 22 heavy (non-hydrogen) atoms. The minimum Gasteiger partial charge on any atom is -0.363 e. The van der Waals surface area contributed by atoms with Gasteiger partial charge in [-0.2, -0.15) is 5.26 Å². The van der Waals surface area contributed by atoms with Gasteiger partial charge < -0.3 is 4.74 Å². The molecule has 0 atom stereocenters. The first-order valence-electron chi connectivity index (χ1n) is 5.73. The molecule has 2 rings (SSSR count). The number of halogens is 2. The Morgan fingerprint density at radius 2 is 2.27 bits per heavy atom. The lowest BCUT2D eigenvalue weighted by molar-refractivity contribution is 0.209. The zero-order valence-corrected chi connectivity index (χ0v) is 13.5. The second-order valence-electron chi connectivity index (χ2n) is 3.97. The van der Waals surface area contributed by atoms with Crippen molar-refractivity contribution >= 4 is 38.1 Å². The molecule has 2 aromatic rings. The highest BCUT2D eigenvalue weighted by molar-refractivity contribution is 7.93. The number of ether oxygens (including phenoxy) is 1. The molecule has 1 aromatic carbocycles. The third-order valence-corrected chi connectivity index (χ3v) is 5.53. The quantitative estimate of drug-likeness (QED) is 0.764. The Morgan fingerprint density at radius 3 is 2.82 bits per heavy atom. The number of sulfonamides is 1. The van der Waals surface area contributed by atoms with Crippen molar-refractivity contribution < 1.29 is 17.5 Å². The zero-order chi connectivity index (χ0) is 16.3. The Labute approximate surface area is 135 Å². The standard InChI is InChI=1S/C12H9ClFN3O3S2/c1-20-7-17(12-16-6-11(13)21-12)22(18,19)9-2-3-10(14)8(4-9)5-15/h2-4,6H,7H2,1H3. The highest BCUT2D eigenvalue weighted by Crippen LogP contribution is 2.30. The number of nitriles is 1. The first kappa shape index (κ1) is 16.6. The second kappa shape index (κ2) is 6.58. The zero-order valence-electron chi connectivity index (χ0n) is 11.2. The predicted molar refractivity (Wildman–Crippen MR) is 79.8 cm³/mol. The van der Waals surface area contributed by atoms with Crippen LogP contribution in [0.5, 0.6) is 0 Å². The lowest BCUT2D eigenvalue weighted by atomic mass is 10.2. The Balaban J connectivity index is 2.52. The van der Waals surface area contributed by atoms with Gasteiger partial charge in [0.05, 0.1) is 16.7 Å². The molecule has 1 aromatic heterocycles. The molecular formula is C12H9ClFN3O3S2. The summed E-state index contributed by atoms with van der Waals surface area (Å²) in [6.45, 7) is -0.300. The van der Waals surface area contributed by atoms with Crippen LogP contribution >= 0.6 is 22.9 Å². The molecule has 0 amide bonds. The molecule has 116 valence electrons. The summed E-state index contributed by atoms with van der Waals surface area (Å²) in [5, 5.41) is 8.93. The van der Waals surface area contributed by atoms with E-state index in [0.29, 0.717) is 4.34 Å². The lowest BCUT2D eigenvalue weighted by Crippen LogP contribution is -2.32. The van der Waals surface area contributed by atoms with Crippen LogP contribution in [0.2, 0.25) is 4.34 Å². The van der Waals surface area contributed by atoms with Crippen LogP contribution in [0.3, 0.4) is 0 Å². The molecule has 0 aliphatic rings. The van der Waals surface area contributed by atoms with Crippen molar-refractivity contribution in [3.63, 3.8) is 0 Å². The van der Waals surface area contributed by atoms with E-state index in [1.54, 1.807) is 6.07 Å². The molecule has 0 N–H and O–H groups in total. The molecule has 1 heterocycles. The maximum absolute atomic E-state index is 13.4. The Morgan fingerprint density at radius 1 is 1.55 bits per heavy atom. The topological polar surface area (TPSA) is 83.3 Å². The van der Waals surface area contributed by atoms with Crippen molar-refractivity contribution in [1.29, 1.82) is 5.26 Å². The molecule has 0 saturated carbocycles. The molecule has 10 heteroatoms. The average molecular weight is 362 g/mol. The minimum atomic E-state index is -4.07. The number of hydrogen-bond acceptors (Lipinski definition) is 6. The van der Waals surface area contributed by atoms with E-state index in [1.807, 2.05) is 0 Å². The molecule has 0 spiro atoms. The van der Waals surface area contributed by atoms with Gasteiger partial charge in [-0.1, -0.05) is 22.9 Å². The van der Waals surface area contributed by atoms with Gasteiger partial charge >= 0.3 is 0 Å². The van der Waals surface area contributed by atoms with Crippen molar-refractivity contribution in [2.24, 2.45) is 0 Å². The molecule has 0 aliphatic carbocycles. The summed E-state index contributed by atoms with van der Waals surface area (Å²) in [4.78, 5) is 3.66. The van der Waals surface area contributed by atoms with E-state index >= 15 is 0 Å². The fourth-order valence-corrected chi connectivity index (χ4v) is 4.04. The first-order valence-corrected chi connectivity index (χ1v) is 8.36. The van der Waals surface area contributed by atoms with Crippen molar-refractivity contribution in [3.8, 4) is 6.07 Å². The fourth-order valence-electron chi connectivity index (χ4n) is 1.58. The van der Waals surface area contributed by atoms with Crippen molar-refractivity contribution in [1.82, 2.24) is 4.98 Å². The number of hydrogen-bond donors (Lipinski definition) is 0. The molecule has 0 radical (unpaired) electrons. The van der Waals surface area contributed by atoms with E-state index in [1.165, 1.54) is 13.3 Å². The number of anilines is 1. The molecule has 0 bridgehead atoms. The average Bonchev–Trinajstić information content (AvgIpc) is 2.90. The van der Waals surface area contributed by atoms with Crippen LogP contribution < -0.4 is 4.31 Å². The summed E-state index contributed by atoms with van der Waals surface area (Å²) < 4.78 is 44.7. The van der Waals surface area contributed by atoms with E-state index in [0.717, 1.165) is 33.8 Å². The van der Waals surface area contributed by atoms with Gasteiger partial charge in [-0.25, -0.2) is 22.1 Å². The number of benzene rings is 1. The molecule has 0 saturated heterocycles. The maximum Gasteiger partial charge on any atom is 0.268 e. The molecule has 6 nitrogen and oxygen atoms in total. The third kappa shape index (κ3) is 3.20. The molecule has 0 unspecified atom stereocenters. The maximum atomic E-state index is 13.4. The number of thiazole rings is 1. The Kier molecular flexibility index (Phi) is 4.97. The van der Waals surface area contributed by atoms with E-state index in [4.69, 9.17) is 21.6 Å². The summed E-state index contributed by atoms with van der Waals surface area (Å²) >= 11 is 6.72. The van der Waals surface area contributed by atoms with Crippen molar-refractivity contribution in [3.05, 3.63) is 40.1 Å². The van der Waals surface area contributed by atoms with Crippen molar-refractivity contribution in [2.75, 3.05) is 18.1 Å². The Bertz CT molecular complexity index is 832. The van der Waals surface area contributed by atoms with E-state index in [-0.39, 0.29) is 22.3 Å². The summed E-state index contributed by atoms with van der Waals surface area (Å²) in [6.07, 6.45) is 1.31. The van der Waals surface area contributed by atoms with Gasteiger partial charge in [0.2, 0.25) is 5.13 Å². The minimum absolute atomic E-state index is 0.106. The highest BCUT2D eigenvalue weighted by Gasteiger charge is 2.28. The van der Waals surface area contributed by atoms with E-state index < -0.39 is 15.8 Å². The second-order valence-corrected chi connectivity index (χ2v) is 7.47. The van der Waals surface area contributed by atoms with Gasteiger partial charge in [-0.05, 0) is 18.2 Å². The van der Waals surface area contributed by atoms with Crippen LogP contribution in [-0.4, -0.2) is 27.2 Å². The van der Waals surface area contributed by atoms with Crippen LogP contribution in [0.4, 0.5) is 9.52 Å². The Hall–Kier alpha value is -1.73. The van der Waals surface area contributed by atoms with Gasteiger partial charge in [-0.3, -0.25) is 0 Å². The van der Waals surface area contributed by atoms with Gasteiger partial charge in [0.1, 0.15) is 23.0 Å². The van der Waals surface area contributed by atoms with Crippen molar-refractivity contribution in [2.45, 2.75) is 4.90 Å². The fraction of sp³-hybridized carbons (Fsp3) is 0.167. The summed E-state index contributed by atoms with van der Waals surface area (Å²) in [5.41, 5.74) is -0.365. The van der Waals surface area contributed by atoms with Gasteiger partial charge in [0.15, 0.2) is 0 Å². The summed E-state index contributed by atoms with van der Waals surface area (Å²) in [6, 6.07) is 4.55. The predicted octanol–water partition coefficient (Wildman–Crippen LogP) is 2.61. The van der Waals surface area contributed by atoms with Crippen LogP contribution in [0.15, 0.2) is 29.3 Å². The molecular weight excluding hydrogens is 353 g/mol. The van der Waals surface area contributed by atoms with Gasteiger partial charge in [0, 0.05) is 7.11 Å². The smallest absolute Gasteiger partial charge is 0.268 e. The largest absolute Gasteiger partial charge is 0.363 e. The number of methoxy groups -OCH3 is 1. The van der Waals surface area contributed by atoms with Crippen LogP contribution in [0.1, 0.15) is 5.56 Å². The number of aromatic nitrogens is 1. The third-order valence-electron chi connectivity index (χ3n) is 2.57. The number of nitrogens with zero attached hydrogens (tertiary/aromatic N) is 3. The van der Waals surface area contributed by atoms with Crippen LogP contribution in [0, 0.1) is 17.1 Å². The monoisotopic (exact) mass is 361 g/mol. The SMILES string of the molecule is COCN(c1ncc(Cl)s1)S(=O)(=O)c1ccc(F)c(C#N)c1. The van der Waals surface area contributed by atoms with Crippen LogP contribution in [0.25, 0.3) is 0 Å². The van der Waals surface area contributed by atoms with Gasteiger partial charge in [0.25, 0.3) is 10.0 Å². The van der Waals surface area contributed by atoms with E-state index in [9.17, 15) is 12.8 Å². The first-order chi connectivity index (χ1) is 10.4. The van der Waals surface area contributed by atoms with Gasteiger partial charge in [-0.15, -0.1) is 0 Å².